The summed E-state index contributed by atoms with van der Waals surface area (Å²) in [7, 11) is 0. The lowest BCUT2D eigenvalue weighted by molar-refractivity contribution is -0.138. The molecule has 0 spiro atoms. The number of nitrogens with two attached hydrogens (primary N) is 1. The summed E-state index contributed by atoms with van der Waals surface area (Å²) < 4.78 is 46.5. The van der Waals surface area contributed by atoms with Crippen molar-refractivity contribution in [3.8, 4) is 0 Å². The van der Waals surface area contributed by atoms with Crippen molar-refractivity contribution >= 4 is 5.69 Å². The van der Waals surface area contributed by atoms with Gasteiger partial charge in [-0.2, -0.15) is 13.2 Å². The van der Waals surface area contributed by atoms with E-state index in [4.69, 9.17) is 10.5 Å². The fourth-order valence-electron chi connectivity index (χ4n) is 4.56. The van der Waals surface area contributed by atoms with E-state index in [1.54, 1.807) is 0 Å². The number of nitrogens with one attached hydrogen (secondary N) is 2. The fraction of sp³-hybridized carbons (Fsp3) is 0.478. The van der Waals surface area contributed by atoms with Crippen LogP contribution >= 0.6 is 0 Å². The Hall–Kier alpha value is -2.09. The average molecular weight is 419 g/mol. The minimum atomic E-state index is -4.38. The molecule has 2 aromatic rings. The molecule has 2 aliphatic heterocycles. The normalized spacial score (nSPS) is 25.9. The van der Waals surface area contributed by atoms with Crippen molar-refractivity contribution in [2.24, 2.45) is 11.7 Å². The molecule has 1 fully saturated rings. The second-order valence-electron chi connectivity index (χ2n) is 8.10. The largest absolute Gasteiger partial charge is 0.416 e. The maximum Gasteiger partial charge on any atom is 0.416 e. The zero-order valence-corrected chi connectivity index (χ0v) is 16.8. The Labute approximate surface area is 175 Å². The molecule has 2 aromatic carbocycles. The highest BCUT2D eigenvalue weighted by molar-refractivity contribution is 5.58. The number of hydrogen-bond donors (Lipinski definition) is 3. The van der Waals surface area contributed by atoms with Crippen LogP contribution in [0.25, 0.3) is 0 Å². The summed E-state index contributed by atoms with van der Waals surface area (Å²) >= 11 is 0. The molecule has 2 aliphatic rings. The number of anilines is 1. The highest BCUT2D eigenvalue weighted by Crippen LogP contribution is 2.51. The molecule has 0 saturated carbocycles. The zero-order chi connectivity index (χ0) is 21.1. The smallest absolute Gasteiger partial charge is 0.378 e. The first-order chi connectivity index (χ1) is 14.5. The number of rotatable bonds is 6. The predicted octanol–water partition coefficient (Wildman–Crippen LogP) is 4.65. The number of hydrogen-bond acceptors (Lipinski definition) is 4. The number of ether oxygens (including phenoxy) is 1. The monoisotopic (exact) mass is 419 g/mol. The summed E-state index contributed by atoms with van der Waals surface area (Å²) in [6.07, 6.45) is -2.13. The van der Waals surface area contributed by atoms with Gasteiger partial charge in [-0.15, -0.1) is 0 Å². The molecule has 0 aliphatic carbocycles. The van der Waals surface area contributed by atoms with Crippen molar-refractivity contribution in [3.05, 3.63) is 65.2 Å². The molecule has 2 heterocycles. The summed E-state index contributed by atoms with van der Waals surface area (Å²) in [5.41, 5.74) is 7.35. The molecule has 1 saturated heterocycles. The third-order valence-electron chi connectivity index (χ3n) is 6.06. The van der Waals surface area contributed by atoms with Gasteiger partial charge in [-0.3, -0.25) is 0 Å². The third-order valence-corrected chi connectivity index (χ3v) is 6.06. The van der Waals surface area contributed by atoms with Crippen LogP contribution in [0.2, 0.25) is 0 Å². The van der Waals surface area contributed by atoms with Crippen LogP contribution in [0, 0.1) is 5.92 Å². The van der Waals surface area contributed by atoms with Crippen molar-refractivity contribution < 1.29 is 17.9 Å². The summed E-state index contributed by atoms with van der Waals surface area (Å²) in [4.78, 5) is 0. The molecular formula is C23H28F3N3O. The quantitative estimate of drug-likeness (QED) is 0.597. The maximum absolute atomic E-state index is 13.4. The van der Waals surface area contributed by atoms with Gasteiger partial charge >= 0.3 is 6.18 Å². The Morgan fingerprint density at radius 1 is 1.10 bits per heavy atom. The maximum atomic E-state index is 13.4. The van der Waals surface area contributed by atoms with Gasteiger partial charge in [0.25, 0.3) is 0 Å². The Morgan fingerprint density at radius 2 is 1.90 bits per heavy atom. The van der Waals surface area contributed by atoms with Crippen LogP contribution in [0.3, 0.4) is 0 Å². The Kier molecular flexibility index (Phi) is 6.32. The van der Waals surface area contributed by atoms with E-state index in [9.17, 15) is 13.2 Å². The van der Waals surface area contributed by atoms with Crippen LogP contribution in [-0.2, 0) is 10.9 Å². The van der Waals surface area contributed by atoms with Crippen molar-refractivity contribution in [1.29, 1.82) is 0 Å². The highest BCUT2D eigenvalue weighted by atomic mass is 19.4. The van der Waals surface area contributed by atoms with E-state index in [-0.39, 0.29) is 24.2 Å². The lowest BCUT2D eigenvalue weighted by Gasteiger charge is -2.46. The van der Waals surface area contributed by atoms with Gasteiger partial charge in [-0.25, -0.2) is 0 Å². The molecular weight excluding hydrogens is 391 g/mol. The molecule has 0 radical (unpaired) electrons. The van der Waals surface area contributed by atoms with Crippen molar-refractivity contribution in [1.82, 2.24) is 5.32 Å². The van der Waals surface area contributed by atoms with Gasteiger partial charge in [-0.05, 0) is 56.1 Å². The van der Waals surface area contributed by atoms with Crippen LogP contribution in [0.5, 0.6) is 0 Å². The number of benzene rings is 2. The van der Waals surface area contributed by atoms with Crippen LogP contribution in [0.1, 0.15) is 48.1 Å². The minimum absolute atomic E-state index is 0.00610. The van der Waals surface area contributed by atoms with E-state index in [0.29, 0.717) is 18.7 Å². The molecule has 4 nitrogen and oxygen atoms in total. The van der Waals surface area contributed by atoms with Gasteiger partial charge in [-0.1, -0.05) is 30.3 Å². The average Bonchev–Trinajstić information content (AvgIpc) is 2.75. The van der Waals surface area contributed by atoms with E-state index >= 15 is 0 Å². The number of halogens is 3. The molecule has 4 N–H and O–H groups in total. The van der Waals surface area contributed by atoms with Gasteiger partial charge in [0.2, 0.25) is 0 Å². The molecule has 4 rings (SSSR count). The number of fused-ring (bicyclic) bond motifs is 3. The first kappa shape index (κ1) is 21.2. The van der Waals surface area contributed by atoms with Gasteiger partial charge in [0.1, 0.15) is 0 Å². The second kappa shape index (κ2) is 8.96. The molecule has 7 heteroatoms. The van der Waals surface area contributed by atoms with Crippen LogP contribution < -0.4 is 16.4 Å². The summed E-state index contributed by atoms with van der Waals surface area (Å²) in [5.74, 6) is 0.0728. The zero-order valence-electron chi connectivity index (χ0n) is 16.8. The van der Waals surface area contributed by atoms with E-state index < -0.39 is 11.7 Å². The standard InChI is InChI=1S/C23H28F3N3O/c24-23(25,26)16-7-10-20-19(13-16)22-18(21(29-20)15-5-2-1-3-6-15)9-8-17(30-22)14-28-12-4-11-27/h1-3,5-7,10,13,17-18,21-22,28-29H,4,8-9,11-12,14,27H2/t17-,18+,21+,22+/m1/s1. The molecule has 30 heavy (non-hydrogen) atoms. The van der Waals surface area contributed by atoms with Gasteiger partial charge in [0.15, 0.2) is 0 Å². The highest BCUT2D eigenvalue weighted by Gasteiger charge is 2.43. The molecule has 4 atom stereocenters. The SMILES string of the molecule is NCCCNC[C@H]1CC[C@@H]2[C@H](O1)c1cc(C(F)(F)F)ccc1N[C@H]2c1ccccc1. The topological polar surface area (TPSA) is 59.3 Å². The van der Waals surface area contributed by atoms with Gasteiger partial charge < -0.3 is 21.1 Å². The van der Waals surface area contributed by atoms with E-state index in [0.717, 1.165) is 43.1 Å². The first-order valence-corrected chi connectivity index (χ1v) is 10.6. The Morgan fingerprint density at radius 3 is 2.63 bits per heavy atom. The van der Waals surface area contributed by atoms with Crippen molar-refractivity contribution in [2.75, 3.05) is 25.0 Å². The van der Waals surface area contributed by atoms with Crippen LogP contribution in [0.15, 0.2) is 48.5 Å². The summed E-state index contributed by atoms with van der Waals surface area (Å²) in [5, 5.41) is 6.84. The van der Waals surface area contributed by atoms with Gasteiger partial charge in [0.05, 0.1) is 23.8 Å². The van der Waals surface area contributed by atoms with Crippen molar-refractivity contribution in [2.45, 2.75) is 43.7 Å². The summed E-state index contributed by atoms with van der Waals surface area (Å²) in [6.45, 7) is 2.12. The minimum Gasteiger partial charge on any atom is -0.378 e. The van der Waals surface area contributed by atoms with Crippen LogP contribution in [-0.4, -0.2) is 25.7 Å². The van der Waals surface area contributed by atoms with Gasteiger partial charge in [0, 0.05) is 23.7 Å². The number of alkyl halides is 3. The van der Waals surface area contributed by atoms with E-state index in [2.05, 4.69) is 22.8 Å². The van der Waals surface area contributed by atoms with Crippen LogP contribution in [0.4, 0.5) is 18.9 Å². The molecule has 0 amide bonds. The Balaban J connectivity index is 1.63. The third kappa shape index (κ3) is 4.48. The molecule has 0 aromatic heterocycles. The lowest BCUT2D eigenvalue weighted by Crippen LogP contribution is -2.42. The molecule has 162 valence electrons. The molecule has 0 bridgehead atoms. The van der Waals surface area contributed by atoms with E-state index in [1.165, 1.54) is 12.1 Å². The second-order valence-corrected chi connectivity index (χ2v) is 8.10. The van der Waals surface area contributed by atoms with Crippen molar-refractivity contribution in [3.63, 3.8) is 0 Å². The van der Waals surface area contributed by atoms with E-state index in [1.807, 2.05) is 18.2 Å². The first-order valence-electron chi connectivity index (χ1n) is 10.6. The fourth-order valence-corrected chi connectivity index (χ4v) is 4.56. The molecule has 0 unspecified atom stereocenters. The predicted molar refractivity (Wildman–Crippen MR) is 111 cm³/mol. The lowest BCUT2D eigenvalue weighted by atomic mass is 9.76. The Bertz CT molecular complexity index is 843. The summed E-state index contributed by atoms with van der Waals surface area (Å²) in [6, 6.07) is 14.0.